The van der Waals surface area contributed by atoms with Crippen molar-refractivity contribution in [1.82, 2.24) is 4.90 Å². The summed E-state index contributed by atoms with van der Waals surface area (Å²) in [5.41, 5.74) is 0.151. The van der Waals surface area contributed by atoms with Crippen molar-refractivity contribution < 1.29 is 19.4 Å². The summed E-state index contributed by atoms with van der Waals surface area (Å²) in [6.07, 6.45) is 7.80. The Hall–Kier alpha value is -0.490. The first-order chi connectivity index (χ1) is 14.9. The average molecular weight is 436 g/mol. The Morgan fingerprint density at radius 3 is 2.58 bits per heavy atom. The molecular weight excluding hydrogens is 390 g/mol. The minimum Gasteiger partial charge on any atom is -0.393 e. The van der Waals surface area contributed by atoms with Gasteiger partial charge in [0.25, 0.3) is 0 Å². The first-order valence-electron chi connectivity index (χ1n) is 12.9. The molecule has 3 aliphatic carbocycles. The van der Waals surface area contributed by atoms with Crippen molar-refractivity contribution in [3.63, 3.8) is 0 Å². The predicted octanol–water partition coefficient (Wildman–Crippen LogP) is 3.78. The highest BCUT2D eigenvalue weighted by molar-refractivity contribution is 5.84. The standard InChI is InChI=1S/C26H45NO4/c1-5-18-19-8-9-26(3)22(20(19)15-25(30-4)21(18)14-17(2)28)6-7-23(26)24(29)16-27-10-12-31-13-11-27/h17-23,25,28H,5-16H2,1-4H3. The lowest BCUT2D eigenvalue weighted by molar-refractivity contribution is -0.138. The molecule has 3 saturated carbocycles. The molecule has 4 rings (SSSR count). The highest BCUT2D eigenvalue weighted by atomic mass is 16.5. The molecule has 4 aliphatic rings. The highest BCUT2D eigenvalue weighted by Gasteiger charge is 2.59. The second kappa shape index (κ2) is 9.79. The maximum Gasteiger partial charge on any atom is 0.150 e. The van der Waals surface area contributed by atoms with Gasteiger partial charge in [-0.25, -0.2) is 0 Å². The summed E-state index contributed by atoms with van der Waals surface area (Å²) in [7, 11) is 1.86. The van der Waals surface area contributed by atoms with E-state index in [0.717, 1.165) is 51.5 Å². The Labute approximate surface area is 189 Å². The third kappa shape index (κ3) is 4.49. The number of methoxy groups -OCH3 is 1. The SMILES string of the molecule is CCC1C(CC(C)O)C(OC)CC2C1CCC1(C)C(C(=O)CN3CCOCC3)CCC21. The van der Waals surface area contributed by atoms with E-state index in [1.807, 2.05) is 14.0 Å². The topological polar surface area (TPSA) is 59.0 Å². The number of carbonyl (C=O) groups excluding carboxylic acids is 1. The van der Waals surface area contributed by atoms with Gasteiger partial charge in [0.1, 0.15) is 5.78 Å². The lowest BCUT2D eigenvalue weighted by Crippen LogP contribution is -2.53. The zero-order valence-electron chi connectivity index (χ0n) is 20.2. The van der Waals surface area contributed by atoms with Crippen LogP contribution in [0.2, 0.25) is 0 Å². The van der Waals surface area contributed by atoms with Gasteiger partial charge in [-0.1, -0.05) is 20.3 Å². The quantitative estimate of drug-likeness (QED) is 0.659. The summed E-state index contributed by atoms with van der Waals surface area (Å²) in [6, 6.07) is 0. The molecule has 0 amide bonds. The molecule has 1 heterocycles. The number of nitrogens with zero attached hydrogens (tertiary/aromatic N) is 1. The number of hydrogen-bond donors (Lipinski definition) is 1. The van der Waals surface area contributed by atoms with Crippen LogP contribution < -0.4 is 0 Å². The van der Waals surface area contributed by atoms with Crippen LogP contribution in [0.3, 0.4) is 0 Å². The fourth-order valence-electron chi connectivity index (χ4n) is 8.44. The summed E-state index contributed by atoms with van der Waals surface area (Å²) in [5, 5.41) is 10.1. The van der Waals surface area contributed by atoms with E-state index in [4.69, 9.17) is 9.47 Å². The largest absolute Gasteiger partial charge is 0.393 e. The lowest BCUT2D eigenvalue weighted by atomic mass is 9.50. The van der Waals surface area contributed by atoms with Crippen LogP contribution in [0.1, 0.15) is 65.7 Å². The van der Waals surface area contributed by atoms with Gasteiger partial charge in [0, 0.05) is 26.1 Å². The summed E-state index contributed by atoms with van der Waals surface area (Å²) in [6.45, 7) is 10.6. The summed E-state index contributed by atoms with van der Waals surface area (Å²) < 4.78 is 11.5. The molecule has 1 aliphatic heterocycles. The molecule has 31 heavy (non-hydrogen) atoms. The van der Waals surface area contributed by atoms with Gasteiger partial charge in [-0.05, 0) is 80.5 Å². The number of morpholine rings is 1. The van der Waals surface area contributed by atoms with Crippen LogP contribution in [0, 0.1) is 40.9 Å². The van der Waals surface area contributed by atoms with E-state index in [1.54, 1.807) is 0 Å². The fraction of sp³-hybridized carbons (Fsp3) is 0.962. The number of carbonyl (C=O) groups is 1. The molecule has 5 heteroatoms. The number of rotatable bonds is 7. The monoisotopic (exact) mass is 435 g/mol. The van der Waals surface area contributed by atoms with Crippen LogP contribution in [0.25, 0.3) is 0 Å². The number of fused-ring (bicyclic) bond motifs is 3. The zero-order valence-corrected chi connectivity index (χ0v) is 20.2. The van der Waals surface area contributed by atoms with Crippen LogP contribution >= 0.6 is 0 Å². The molecule has 1 N–H and O–H groups in total. The maximum absolute atomic E-state index is 13.4. The molecule has 0 aromatic heterocycles. The third-order valence-electron chi connectivity index (χ3n) is 9.83. The number of ketones is 1. The van der Waals surface area contributed by atoms with E-state index < -0.39 is 0 Å². The second-order valence-electron chi connectivity index (χ2n) is 11.3. The first kappa shape index (κ1) is 23.7. The fourth-order valence-corrected chi connectivity index (χ4v) is 8.44. The minimum absolute atomic E-state index is 0.151. The highest BCUT2D eigenvalue weighted by Crippen LogP contribution is 2.64. The molecule has 0 aromatic rings. The van der Waals surface area contributed by atoms with Crippen LogP contribution in [0.4, 0.5) is 0 Å². The number of ether oxygens (including phenoxy) is 2. The van der Waals surface area contributed by atoms with Gasteiger partial charge in [-0.15, -0.1) is 0 Å². The van der Waals surface area contributed by atoms with Crippen LogP contribution in [0.5, 0.6) is 0 Å². The van der Waals surface area contributed by atoms with Crippen molar-refractivity contribution >= 4 is 5.78 Å². The van der Waals surface area contributed by atoms with E-state index in [-0.39, 0.29) is 23.5 Å². The van der Waals surface area contributed by atoms with E-state index in [1.165, 1.54) is 25.7 Å². The first-order valence-corrected chi connectivity index (χ1v) is 12.9. The second-order valence-corrected chi connectivity index (χ2v) is 11.3. The number of aliphatic hydroxyl groups excluding tert-OH is 1. The van der Waals surface area contributed by atoms with Gasteiger partial charge in [0.2, 0.25) is 0 Å². The Bertz CT molecular complexity index is 619. The Morgan fingerprint density at radius 2 is 1.94 bits per heavy atom. The normalized spacial score (nSPS) is 44.5. The zero-order chi connectivity index (χ0) is 22.2. The Balaban J connectivity index is 1.50. The summed E-state index contributed by atoms with van der Waals surface area (Å²) in [5.74, 6) is 3.82. The van der Waals surface area contributed by atoms with Gasteiger partial charge >= 0.3 is 0 Å². The molecule has 4 fully saturated rings. The van der Waals surface area contributed by atoms with Gasteiger partial charge in [0.05, 0.1) is 32.0 Å². The van der Waals surface area contributed by atoms with Gasteiger partial charge in [-0.2, -0.15) is 0 Å². The molecule has 0 bridgehead atoms. The predicted molar refractivity (Wildman–Crippen MR) is 122 cm³/mol. The van der Waals surface area contributed by atoms with Gasteiger partial charge < -0.3 is 14.6 Å². The molecule has 1 saturated heterocycles. The molecule has 0 radical (unpaired) electrons. The summed E-state index contributed by atoms with van der Waals surface area (Å²) >= 11 is 0. The van der Waals surface area contributed by atoms with Crippen molar-refractivity contribution in [1.29, 1.82) is 0 Å². The molecule has 5 nitrogen and oxygen atoms in total. The average Bonchev–Trinajstić information content (AvgIpc) is 3.11. The Kier molecular flexibility index (Phi) is 7.47. The van der Waals surface area contributed by atoms with E-state index in [0.29, 0.717) is 36.0 Å². The van der Waals surface area contributed by atoms with E-state index in [2.05, 4.69) is 18.7 Å². The summed E-state index contributed by atoms with van der Waals surface area (Å²) in [4.78, 5) is 15.7. The van der Waals surface area contributed by atoms with Gasteiger partial charge in [0.15, 0.2) is 0 Å². The molecule has 9 unspecified atom stereocenters. The Morgan fingerprint density at radius 1 is 1.19 bits per heavy atom. The van der Waals surface area contributed by atoms with Crippen molar-refractivity contribution in [3.05, 3.63) is 0 Å². The van der Waals surface area contributed by atoms with Crippen molar-refractivity contribution in [2.45, 2.75) is 77.9 Å². The lowest BCUT2D eigenvalue weighted by Gasteiger charge is -2.56. The number of Topliss-reactive ketones (excluding diaryl/α,β-unsaturated/α-hetero) is 1. The van der Waals surface area contributed by atoms with Crippen molar-refractivity contribution in [2.75, 3.05) is 40.0 Å². The van der Waals surface area contributed by atoms with E-state index in [9.17, 15) is 9.90 Å². The van der Waals surface area contributed by atoms with Gasteiger partial charge in [-0.3, -0.25) is 9.69 Å². The molecule has 0 aromatic carbocycles. The maximum atomic E-state index is 13.4. The number of aliphatic hydroxyl groups is 1. The molecular formula is C26H45NO4. The van der Waals surface area contributed by atoms with Crippen LogP contribution in [-0.4, -0.2) is 68.0 Å². The van der Waals surface area contributed by atoms with Crippen molar-refractivity contribution in [2.24, 2.45) is 40.9 Å². The van der Waals surface area contributed by atoms with Crippen LogP contribution in [0.15, 0.2) is 0 Å². The minimum atomic E-state index is -0.268. The van der Waals surface area contributed by atoms with Crippen molar-refractivity contribution in [3.8, 4) is 0 Å². The molecule has 9 atom stereocenters. The van der Waals surface area contributed by atoms with Crippen LogP contribution in [-0.2, 0) is 14.3 Å². The molecule has 0 spiro atoms. The smallest absolute Gasteiger partial charge is 0.150 e. The van der Waals surface area contributed by atoms with E-state index >= 15 is 0 Å². The molecule has 178 valence electrons. The number of hydrogen-bond acceptors (Lipinski definition) is 5. The third-order valence-corrected chi connectivity index (χ3v) is 9.83.